The summed E-state index contributed by atoms with van der Waals surface area (Å²) in [6, 6.07) is 13.8. The molecule has 0 bridgehead atoms. The molecule has 18 heavy (non-hydrogen) atoms. The highest BCUT2D eigenvalue weighted by molar-refractivity contribution is 5.87. The zero-order valence-corrected chi connectivity index (χ0v) is 9.67. The first-order valence-electron chi connectivity index (χ1n) is 5.66. The molecule has 3 N–H and O–H groups in total. The molecule has 0 radical (unpaired) electrons. The van der Waals surface area contributed by atoms with Gasteiger partial charge in [0.05, 0.1) is 11.3 Å². The largest absolute Gasteiger partial charge is 0.382 e. The number of aromatic amines is 1. The van der Waals surface area contributed by atoms with Gasteiger partial charge in [0.25, 0.3) is 0 Å². The van der Waals surface area contributed by atoms with Crippen LogP contribution < -0.4 is 5.73 Å². The summed E-state index contributed by atoms with van der Waals surface area (Å²) >= 11 is 0. The average Bonchev–Trinajstić information content (AvgIpc) is 2.83. The fourth-order valence-electron chi connectivity index (χ4n) is 1.97. The second-order valence-corrected chi connectivity index (χ2v) is 3.97. The summed E-state index contributed by atoms with van der Waals surface area (Å²) in [5.41, 5.74) is 9.77. The number of hydrogen-bond acceptors (Lipinski definition) is 3. The SMILES string of the molecule is Nc1n[nH]c(-c2ccccc2)c1-c1cccnc1. The Balaban J connectivity index is 2.19. The first-order valence-corrected chi connectivity index (χ1v) is 5.66. The van der Waals surface area contributed by atoms with Crippen LogP contribution in [0.2, 0.25) is 0 Å². The molecule has 0 atom stereocenters. The summed E-state index contributed by atoms with van der Waals surface area (Å²) in [6.07, 6.45) is 3.52. The summed E-state index contributed by atoms with van der Waals surface area (Å²) in [4.78, 5) is 4.12. The molecular formula is C14H12N4. The second-order valence-electron chi connectivity index (χ2n) is 3.97. The molecule has 88 valence electrons. The molecule has 2 aromatic heterocycles. The third-order valence-electron chi connectivity index (χ3n) is 2.81. The quantitative estimate of drug-likeness (QED) is 0.718. The van der Waals surface area contributed by atoms with Crippen molar-refractivity contribution in [3.05, 3.63) is 54.9 Å². The minimum absolute atomic E-state index is 0.488. The molecule has 0 aliphatic heterocycles. The molecule has 0 amide bonds. The third kappa shape index (κ3) is 1.73. The monoisotopic (exact) mass is 236 g/mol. The molecule has 0 unspecified atom stereocenters. The van der Waals surface area contributed by atoms with Gasteiger partial charge in [-0.05, 0) is 6.07 Å². The number of H-pyrrole nitrogens is 1. The Morgan fingerprint density at radius 2 is 1.72 bits per heavy atom. The van der Waals surface area contributed by atoms with E-state index in [-0.39, 0.29) is 0 Å². The fraction of sp³-hybridized carbons (Fsp3) is 0. The van der Waals surface area contributed by atoms with Crippen LogP contribution in [0, 0.1) is 0 Å². The van der Waals surface area contributed by atoms with Gasteiger partial charge in [-0.1, -0.05) is 36.4 Å². The Morgan fingerprint density at radius 3 is 2.44 bits per heavy atom. The van der Waals surface area contributed by atoms with E-state index in [9.17, 15) is 0 Å². The number of nitrogens with two attached hydrogens (primary N) is 1. The molecule has 0 aliphatic rings. The normalized spacial score (nSPS) is 10.4. The number of pyridine rings is 1. The smallest absolute Gasteiger partial charge is 0.153 e. The lowest BCUT2D eigenvalue weighted by Crippen LogP contribution is -1.89. The van der Waals surface area contributed by atoms with E-state index in [0.717, 1.165) is 22.4 Å². The number of rotatable bonds is 2. The Kier molecular flexibility index (Phi) is 2.53. The van der Waals surface area contributed by atoms with Crippen LogP contribution >= 0.6 is 0 Å². The molecular weight excluding hydrogens is 224 g/mol. The van der Waals surface area contributed by atoms with Gasteiger partial charge in [-0.3, -0.25) is 10.1 Å². The Bertz CT molecular complexity index is 644. The zero-order chi connectivity index (χ0) is 12.4. The van der Waals surface area contributed by atoms with Gasteiger partial charge < -0.3 is 5.73 Å². The molecule has 0 saturated heterocycles. The van der Waals surface area contributed by atoms with Crippen LogP contribution in [0.3, 0.4) is 0 Å². The van der Waals surface area contributed by atoms with E-state index < -0.39 is 0 Å². The lowest BCUT2D eigenvalue weighted by atomic mass is 10.0. The summed E-state index contributed by atoms with van der Waals surface area (Å²) in [6.45, 7) is 0. The van der Waals surface area contributed by atoms with E-state index >= 15 is 0 Å². The highest BCUT2D eigenvalue weighted by Crippen LogP contribution is 2.33. The molecule has 0 spiro atoms. The summed E-state index contributed by atoms with van der Waals surface area (Å²) in [5.74, 6) is 0.488. The van der Waals surface area contributed by atoms with Crippen LogP contribution in [0.1, 0.15) is 0 Å². The molecule has 3 aromatic rings. The standard InChI is InChI=1S/C14H12N4/c15-14-12(11-7-4-8-16-9-11)13(17-18-14)10-5-2-1-3-6-10/h1-9H,(H3,15,17,18). The molecule has 0 aliphatic carbocycles. The van der Waals surface area contributed by atoms with Gasteiger partial charge in [-0.15, -0.1) is 0 Å². The van der Waals surface area contributed by atoms with Crippen molar-refractivity contribution in [3.8, 4) is 22.4 Å². The van der Waals surface area contributed by atoms with Crippen molar-refractivity contribution in [2.45, 2.75) is 0 Å². The molecule has 2 heterocycles. The van der Waals surface area contributed by atoms with Crippen molar-refractivity contribution in [2.75, 3.05) is 5.73 Å². The van der Waals surface area contributed by atoms with Crippen molar-refractivity contribution in [1.29, 1.82) is 0 Å². The number of nitrogen functional groups attached to an aromatic ring is 1. The van der Waals surface area contributed by atoms with Crippen molar-refractivity contribution < 1.29 is 0 Å². The van der Waals surface area contributed by atoms with Gasteiger partial charge in [0.2, 0.25) is 0 Å². The van der Waals surface area contributed by atoms with Gasteiger partial charge in [0.15, 0.2) is 5.82 Å². The third-order valence-corrected chi connectivity index (χ3v) is 2.81. The maximum absolute atomic E-state index is 5.94. The predicted molar refractivity (Wildman–Crippen MR) is 71.7 cm³/mol. The lowest BCUT2D eigenvalue weighted by Gasteiger charge is -2.03. The van der Waals surface area contributed by atoms with Crippen molar-refractivity contribution in [1.82, 2.24) is 15.2 Å². The number of benzene rings is 1. The minimum Gasteiger partial charge on any atom is -0.382 e. The molecule has 3 rings (SSSR count). The highest BCUT2D eigenvalue weighted by atomic mass is 15.2. The summed E-state index contributed by atoms with van der Waals surface area (Å²) < 4.78 is 0. The lowest BCUT2D eigenvalue weighted by molar-refractivity contribution is 1.10. The first kappa shape index (κ1) is 10.5. The van der Waals surface area contributed by atoms with Crippen molar-refractivity contribution >= 4 is 5.82 Å². The van der Waals surface area contributed by atoms with Crippen molar-refractivity contribution in [2.24, 2.45) is 0 Å². The number of nitrogens with zero attached hydrogens (tertiary/aromatic N) is 2. The van der Waals surface area contributed by atoms with E-state index in [2.05, 4.69) is 15.2 Å². The molecule has 4 nitrogen and oxygen atoms in total. The van der Waals surface area contributed by atoms with Gasteiger partial charge in [0.1, 0.15) is 0 Å². The maximum atomic E-state index is 5.94. The first-order chi connectivity index (χ1) is 8.86. The molecule has 0 fully saturated rings. The number of anilines is 1. The topological polar surface area (TPSA) is 67.6 Å². The van der Waals surface area contributed by atoms with Crippen LogP contribution in [-0.4, -0.2) is 15.2 Å². The highest BCUT2D eigenvalue weighted by Gasteiger charge is 2.14. The Morgan fingerprint density at radius 1 is 0.944 bits per heavy atom. The number of aromatic nitrogens is 3. The van der Waals surface area contributed by atoms with Gasteiger partial charge in [0, 0.05) is 23.5 Å². The summed E-state index contributed by atoms with van der Waals surface area (Å²) in [7, 11) is 0. The predicted octanol–water partition coefficient (Wildman–Crippen LogP) is 2.72. The molecule has 0 saturated carbocycles. The van der Waals surface area contributed by atoms with Crippen LogP contribution in [0.15, 0.2) is 54.9 Å². The van der Waals surface area contributed by atoms with Gasteiger partial charge >= 0.3 is 0 Å². The summed E-state index contributed by atoms with van der Waals surface area (Å²) in [5, 5.41) is 7.08. The van der Waals surface area contributed by atoms with E-state index in [4.69, 9.17) is 5.73 Å². The fourth-order valence-corrected chi connectivity index (χ4v) is 1.97. The van der Waals surface area contributed by atoms with Gasteiger partial charge in [-0.2, -0.15) is 5.10 Å². The average molecular weight is 236 g/mol. The van der Waals surface area contributed by atoms with E-state index in [1.165, 1.54) is 0 Å². The van der Waals surface area contributed by atoms with Crippen molar-refractivity contribution in [3.63, 3.8) is 0 Å². The molecule has 4 heteroatoms. The van der Waals surface area contributed by atoms with E-state index in [1.807, 2.05) is 42.5 Å². The van der Waals surface area contributed by atoms with Crippen LogP contribution in [0.25, 0.3) is 22.4 Å². The van der Waals surface area contributed by atoms with E-state index in [0.29, 0.717) is 5.82 Å². The molecule has 1 aromatic carbocycles. The minimum atomic E-state index is 0.488. The van der Waals surface area contributed by atoms with Crippen LogP contribution in [0.5, 0.6) is 0 Å². The van der Waals surface area contributed by atoms with E-state index in [1.54, 1.807) is 12.4 Å². The number of nitrogens with one attached hydrogen (secondary N) is 1. The second kappa shape index (κ2) is 4.33. The zero-order valence-electron chi connectivity index (χ0n) is 9.67. The maximum Gasteiger partial charge on any atom is 0.153 e. The van der Waals surface area contributed by atoms with Crippen LogP contribution in [0.4, 0.5) is 5.82 Å². The number of hydrogen-bond donors (Lipinski definition) is 2. The van der Waals surface area contributed by atoms with Gasteiger partial charge in [-0.25, -0.2) is 0 Å². The Hall–Kier alpha value is -2.62. The van der Waals surface area contributed by atoms with Crippen LogP contribution in [-0.2, 0) is 0 Å². The Labute approximate surface area is 105 Å².